The standard InChI is InChI=1S/C8H14FN2O/c9-7-1-4-11(5-2-7)6-3-8(10)12/h3,7H,1-2,4-6H2,(H2,10,12). The highest BCUT2D eigenvalue weighted by atomic mass is 19.1. The van der Waals surface area contributed by atoms with Crippen LogP contribution in [0.25, 0.3) is 0 Å². The lowest BCUT2D eigenvalue weighted by Gasteiger charge is -2.27. The Hall–Kier alpha value is -0.640. The minimum Gasteiger partial charge on any atom is -0.369 e. The van der Waals surface area contributed by atoms with E-state index in [4.69, 9.17) is 5.73 Å². The summed E-state index contributed by atoms with van der Waals surface area (Å²) in [6.07, 6.45) is 1.92. The van der Waals surface area contributed by atoms with Crippen molar-refractivity contribution in [1.29, 1.82) is 0 Å². The summed E-state index contributed by atoms with van der Waals surface area (Å²) in [4.78, 5) is 12.4. The number of rotatable bonds is 3. The number of piperidine rings is 1. The first-order chi connectivity index (χ1) is 5.68. The third-order valence-corrected chi connectivity index (χ3v) is 2.07. The number of amides is 1. The number of hydrogen-bond donors (Lipinski definition) is 1. The third kappa shape index (κ3) is 3.17. The van der Waals surface area contributed by atoms with Crippen LogP contribution in [0.2, 0.25) is 0 Å². The monoisotopic (exact) mass is 173 g/mol. The number of nitrogens with zero attached hydrogens (tertiary/aromatic N) is 1. The van der Waals surface area contributed by atoms with Gasteiger partial charge in [0, 0.05) is 19.6 Å². The van der Waals surface area contributed by atoms with E-state index in [1.165, 1.54) is 6.42 Å². The van der Waals surface area contributed by atoms with Crippen LogP contribution < -0.4 is 5.73 Å². The maximum Gasteiger partial charge on any atom is 0.222 e. The van der Waals surface area contributed by atoms with Gasteiger partial charge >= 0.3 is 0 Å². The Kier molecular flexibility index (Phi) is 3.47. The van der Waals surface area contributed by atoms with Gasteiger partial charge < -0.3 is 10.6 Å². The summed E-state index contributed by atoms with van der Waals surface area (Å²) in [5, 5.41) is 0. The van der Waals surface area contributed by atoms with Gasteiger partial charge in [-0.1, -0.05) is 0 Å². The second-order valence-electron chi connectivity index (χ2n) is 3.08. The van der Waals surface area contributed by atoms with E-state index in [-0.39, 0.29) is 0 Å². The van der Waals surface area contributed by atoms with Crippen LogP contribution >= 0.6 is 0 Å². The molecule has 0 saturated carbocycles. The highest BCUT2D eigenvalue weighted by Gasteiger charge is 2.17. The Morgan fingerprint density at radius 3 is 2.67 bits per heavy atom. The molecule has 0 aromatic carbocycles. The summed E-state index contributed by atoms with van der Waals surface area (Å²) in [6, 6.07) is 0. The average molecular weight is 173 g/mol. The molecule has 1 radical (unpaired) electrons. The Balaban J connectivity index is 2.13. The number of alkyl halides is 1. The molecule has 0 aliphatic carbocycles. The van der Waals surface area contributed by atoms with Crippen molar-refractivity contribution in [3.8, 4) is 0 Å². The fraction of sp³-hybridized carbons (Fsp3) is 0.750. The average Bonchev–Trinajstić information content (AvgIpc) is 2.03. The normalized spacial score (nSPS) is 21.1. The molecule has 1 saturated heterocycles. The minimum atomic E-state index is -0.658. The van der Waals surface area contributed by atoms with Gasteiger partial charge in [-0.2, -0.15) is 0 Å². The van der Waals surface area contributed by atoms with Crippen molar-refractivity contribution in [2.45, 2.75) is 19.0 Å². The molecule has 0 atom stereocenters. The molecule has 0 unspecified atom stereocenters. The molecule has 0 aromatic rings. The summed E-state index contributed by atoms with van der Waals surface area (Å²) in [5.74, 6) is -0.405. The summed E-state index contributed by atoms with van der Waals surface area (Å²) < 4.78 is 12.6. The van der Waals surface area contributed by atoms with E-state index in [9.17, 15) is 9.18 Å². The number of hydrogen-bond acceptors (Lipinski definition) is 2. The zero-order valence-electron chi connectivity index (χ0n) is 7.00. The van der Waals surface area contributed by atoms with Crippen LogP contribution in [0.3, 0.4) is 0 Å². The molecule has 1 aliphatic rings. The predicted octanol–water partition coefficient (Wildman–Crippen LogP) is 0.110. The summed E-state index contributed by atoms with van der Waals surface area (Å²) in [6.45, 7) is 2.01. The first kappa shape index (κ1) is 9.45. The molecule has 1 rings (SSSR count). The van der Waals surface area contributed by atoms with Crippen LogP contribution in [0.15, 0.2) is 0 Å². The molecule has 0 bridgehead atoms. The lowest BCUT2D eigenvalue weighted by atomic mass is 10.1. The lowest BCUT2D eigenvalue weighted by Crippen LogP contribution is -2.36. The Morgan fingerprint density at radius 2 is 2.17 bits per heavy atom. The topological polar surface area (TPSA) is 46.3 Å². The SMILES string of the molecule is NC(=O)[CH]CN1CCC(F)CC1. The first-order valence-corrected chi connectivity index (χ1v) is 4.17. The lowest BCUT2D eigenvalue weighted by molar-refractivity contribution is -0.115. The van der Waals surface area contributed by atoms with E-state index in [1.807, 2.05) is 4.90 Å². The number of primary amides is 1. The smallest absolute Gasteiger partial charge is 0.222 e. The van der Waals surface area contributed by atoms with Crippen LogP contribution in [-0.2, 0) is 4.79 Å². The van der Waals surface area contributed by atoms with Gasteiger partial charge in [0.1, 0.15) is 6.17 Å². The largest absolute Gasteiger partial charge is 0.369 e. The van der Waals surface area contributed by atoms with Gasteiger partial charge in [-0.3, -0.25) is 4.79 Å². The summed E-state index contributed by atoms with van der Waals surface area (Å²) >= 11 is 0. The number of likely N-dealkylation sites (tertiary alicyclic amines) is 1. The highest BCUT2D eigenvalue weighted by molar-refractivity contribution is 5.83. The van der Waals surface area contributed by atoms with Crippen LogP contribution in [0.5, 0.6) is 0 Å². The van der Waals surface area contributed by atoms with Gasteiger partial charge in [0.05, 0.1) is 6.42 Å². The van der Waals surface area contributed by atoms with E-state index in [0.29, 0.717) is 19.4 Å². The second-order valence-corrected chi connectivity index (χ2v) is 3.08. The van der Waals surface area contributed by atoms with Crippen LogP contribution in [0, 0.1) is 6.42 Å². The van der Waals surface area contributed by atoms with Gasteiger partial charge in [0.2, 0.25) is 5.91 Å². The molecule has 1 amide bonds. The van der Waals surface area contributed by atoms with Crippen LogP contribution in [0.1, 0.15) is 12.8 Å². The highest BCUT2D eigenvalue weighted by Crippen LogP contribution is 2.12. The number of halogens is 1. The van der Waals surface area contributed by atoms with Crippen molar-refractivity contribution >= 4 is 5.91 Å². The molecular formula is C8H14FN2O. The van der Waals surface area contributed by atoms with E-state index < -0.39 is 12.1 Å². The molecular weight excluding hydrogens is 159 g/mol. The zero-order chi connectivity index (χ0) is 8.97. The van der Waals surface area contributed by atoms with Crippen LogP contribution in [0.4, 0.5) is 4.39 Å². The minimum absolute atomic E-state index is 0.405. The van der Waals surface area contributed by atoms with Crippen molar-refractivity contribution in [3.05, 3.63) is 6.42 Å². The number of carbonyl (C=O) groups is 1. The Morgan fingerprint density at radius 1 is 1.58 bits per heavy atom. The van der Waals surface area contributed by atoms with Crippen molar-refractivity contribution in [2.75, 3.05) is 19.6 Å². The second kappa shape index (κ2) is 4.40. The predicted molar refractivity (Wildman–Crippen MR) is 44.1 cm³/mol. The van der Waals surface area contributed by atoms with Gasteiger partial charge in [0.25, 0.3) is 0 Å². The maximum absolute atomic E-state index is 12.6. The van der Waals surface area contributed by atoms with Gasteiger partial charge in [-0.25, -0.2) is 4.39 Å². The Bertz CT molecular complexity index is 155. The molecule has 1 fully saturated rings. The molecule has 1 heterocycles. The van der Waals surface area contributed by atoms with Crippen molar-refractivity contribution in [3.63, 3.8) is 0 Å². The first-order valence-electron chi connectivity index (χ1n) is 4.17. The van der Waals surface area contributed by atoms with Gasteiger partial charge in [-0.15, -0.1) is 0 Å². The van der Waals surface area contributed by atoms with E-state index in [2.05, 4.69) is 0 Å². The molecule has 1 aliphatic heterocycles. The third-order valence-electron chi connectivity index (χ3n) is 2.07. The molecule has 69 valence electrons. The number of nitrogens with two attached hydrogens (primary N) is 1. The molecule has 3 nitrogen and oxygen atoms in total. The van der Waals surface area contributed by atoms with Crippen LogP contribution in [-0.4, -0.2) is 36.6 Å². The Labute approximate surface area is 71.7 Å². The molecule has 0 spiro atoms. The maximum atomic E-state index is 12.6. The molecule has 4 heteroatoms. The fourth-order valence-electron chi connectivity index (χ4n) is 1.30. The van der Waals surface area contributed by atoms with Crippen molar-refractivity contribution in [2.24, 2.45) is 5.73 Å². The van der Waals surface area contributed by atoms with Gasteiger partial charge in [-0.05, 0) is 12.8 Å². The summed E-state index contributed by atoms with van der Waals surface area (Å²) in [5.41, 5.74) is 4.94. The number of carbonyl (C=O) groups excluding carboxylic acids is 1. The van der Waals surface area contributed by atoms with Crippen molar-refractivity contribution in [1.82, 2.24) is 4.90 Å². The summed E-state index contributed by atoms with van der Waals surface area (Å²) in [7, 11) is 0. The van der Waals surface area contributed by atoms with Crippen molar-refractivity contribution < 1.29 is 9.18 Å². The molecule has 0 aromatic heterocycles. The molecule has 12 heavy (non-hydrogen) atoms. The quantitative estimate of drug-likeness (QED) is 0.658. The fourth-order valence-corrected chi connectivity index (χ4v) is 1.30. The van der Waals surface area contributed by atoms with E-state index in [1.54, 1.807) is 0 Å². The zero-order valence-corrected chi connectivity index (χ0v) is 7.00. The van der Waals surface area contributed by atoms with E-state index in [0.717, 1.165) is 13.1 Å². The van der Waals surface area contributed by atoms with E-state index >= 15 is 0 Å². The molecule has 2 N–H and O–H groups in total. The van der Waals surface area contributed by atoms with Gasteiger partial charge in [0.15, 0.2) is 0 Å².